The van der Waals surface area contributed by atoms with Gasteiger partial charge < -0.3 is 4.74 Å². The zero-order valence-corrected chi connectivity index (χ0v) is 10.5. The van der Waals surface area contributed by atoms with Crippen LogP contribution < -0.4 is 4.72 Å². The molecule has 2 atom stereocenters. The zero-order chi connectivity index (χ0) is 12.2. The molecule has 5 nitrogen and oxygen atoms in total. The van der Waals surface area contributed by atoms with Gasteiger partial charge in [-0.3, -0.25) is 4.79 Å². The van der Waals surface area contributed by atoms with Gasteiger partial charge in [0.25, 0.3) is 0 Å². The number of nitrogens with one attached hydrogen (secondary N) is 1. The molecule has 1 aliphatic rings. The summed E-state index contributed by atoms with van der Waals surface area (Å²) in [5.74, 6) is -0.913. The third kappa shape index (κ3) is 2.95. The van der Waals surface area contributed by atoms with E-state index in [-0.39, 0.29) is 0 Å². The quantitative estimate of drug-likeness (QED) is 0.726. The minimum Gasteiger partial charge on any atom is -0.469 e. The van der Waals surface area contributed by atoms with Gasteiger partial charge in [0.15, 0.2) is 0 Å². The standard InChI is InChI=1S/C10H19NO4S/c1-3-7-11-16(13,14)9-6-4-5-8(9)10(12)15-2/h8-9,11H,3-7H2,1-2H3. The van der Waals surface area contributed by atoms with E-state index >= 15 is 0 Å². The van der Waals surface area contributed by atoms with Crippen molar-refractivity contribution in [3.05, 3.63) is 0 Å². The van der Waals surface area contributed by atoms with Crippen LogP contribution in [-0.2, 0) is 19.6 Å². The van der Waals surface area contributed by atoms with Crippen LogP contribution in [0.5, 0.6) is 0 Å². The maximum Gasteiger partial charge on any atom is 0.310 e. The Morgan fingerprint density at radius 3 is 2.69 bits per heavy atom. The zero-order valence-electron chi connectivity index (χ0n) is 9.73. The van der Waals surface area contributed by atoms with Crippen molar-refractivity contribution in [1.29, 1.82) is 0 Å². The number of hydrogen-bond acceptors (Lipinski definition) is 4. The van der Waals surface area contributed by atoms with E-state index in [4.69, 9.17) is 0 Å². The van der Waals surface area contributed by atoms with Crippen LogP contribution in [0.3, 0.4) is 0 Å². The highest BCUT2D eigenvalue weighted by Gasteiger charge is 2.41. The van der Waals surface area contributed by atoms with Gasteiger partial charge in [0.1, 0.15) is 0 Å². The largest absolute Gasteiger partial charge is 0.469 e. The number of carbonyl (C=O) groups excluding carboxylic acids is 1. The van der Waals surface area contributed by atoms with E-state index in [1.165, 1.54) is 7.11 Å². The Hall–Kier alpha value is -0.620. The Morgan fingerprint density at radius 1 is 1.44 bits per heavy atom. The van der Waals surface area contributed by atoms with Crippen molar-refractivity contribution < 1.29 is 17.9 Å². The first-order chi connectivity index (χ1) is 7.53. The van der Waals surface area contributed by atoms with Crippen LogP contribution in [0.4, 0.5) is 0 Å². The van der Waals surface area contributed by atoms with Gasteiger partial charge in [-0.25, -0.2) is 13.1 Å². The molecule has 0 spiro atoms. The maximum atomic E-state index is 11.9. The summed E-state index contributed by atoms with van der Waals surface area (Å²) in [6.07, 6.45) is 2.65. The van der Waals surface area contributed by atoms with Crippen molar-refractivity contribution in [3.63, 3.8) is 0 Å². The molecule has 0 radical (unpaired) electrons. The highest BCUT2D eigenvalue weighted by Crippen LogP contribution is 2.31. The molecule has 16 heavy (non-hydrogen) atoms. The van der Waals surface area contributed by atoms with Gasteiger partial charge in [0.2, 0.25) is 10.0 Å². The molecular formula is C10H19NO4S. The lowest BCUT2D eigenvalue weighted by Gasteiger charge is -2.18. The average Bonchev–Trinajstić information content (AvgIpc) is 2.75. The molecule has 2 unspecified atom stereocenters. The fourth-order valence-electron chi connectivity index (χ4n) is 2.07. The summed E-state index contributed by atoms with van der Waals surface area (Å²) in [4.78, 5) is 11.4. The first kappa shape index (κ1) is 13.4. The predicted octanol–water partition coefficient (Wildman–Crippen LogP) is 0.657. The van der Waals surface area contributed by atoms with Gasteiger partial charge in [-0.1, -0.05) is 13.3 Å². The van der Waals surface area contributed by atoms with Gasteiger partial charge in [-0.05, 0) is 19.3 Å². The second-order valence-corrected chi connectivity index (χ2v) is 6.02. The number of carbonyl (C=O) groups is 1. The first-order valence-corrected chi connectivity index (χ1v) is 7.14. The van der Waals surface area contributed by atoms with Crippen LogP contribution in [0.1, 0.15) is 32.6 Å². The molecule has 1 saturated carbocycles. The molecule has 0 saturated heterocycles. The van der Waals surface area contributed by atoms with Crippen LogP contribution in [0, 0.1) is 5.92 Å². The molecule has 0 amide bonds. The highest BCUT2D eigenvalue weighted by atomic mass is 32.2. The van der Waals surface area contributed by atoms with Gasteiger partial charge >= 0.3 is 5.97 Å². The first-order valence-electron chi connectivity index (χ1n) is 5.59. The van der Waals surface area contributed by atoms with E-state index in [1.54, 1.807) is 0 Å². The minimum absolute atomic E-state index is 0.413. The Balaban J connectivity index is 2.74. The molecule has 94 valence electrons. The van der Waals surface area contributed by atoms with E-state index in [0.29, 0.717) is 19.4 Å². The van der Waals surface area contributed by atoms with Crippen LogP contribution in [0.15, 0.2) is 0 Å². The third-order valence-electron chi connectivity index (χ3n) is 2.91. The Morgan fingerprint density at radius 2 is 2.12 bits per heavy atom. The Bertz CT molecular complexity index is 339. The van der Waals surface area contributed by atoms with Crippen molar-refractivity contribution >= 4 is 16.0 Å². The van der Waals surface area contributed by atoms with E-state index in [0.717, 1.165) is 12.8 Å². The van der Waals surface area contributed by atoms with Crippen LogP contribution in [-0.4, -0.2) is 33.3 Å². The normalized spacial score (nSPS) is 25.6. The van der Waals surface area contributed by atoms with E-state index in [2.05, 4.69) is 9.46 Å². The van der Waals surface area contributed by atoms with E-state index < -0.39 is 27.2 Å². The molecule has 0 bridgehead atoms. The topological polar surface area (TPSA) is 72.5 Å². The third-order valence-corrected chi connectivity index (χ3v) is 4.88. The summed E-state index contributed by atoms with van der Waals surface area (Å²) in [7, 11) is -2.08. The summed E-state index contributed by atoms with van der Waals surface area (Å²) in [6.45, 7) is 2.32. The molecule has 1 N–H and O–H groups in total. The van der Waals surface area contributed by atoms with Gasteiger partial charge in [0, 0.05) is 6.54 Å². The molecule has 1 fully saturated rings. The second-order valence-electron chi connectivity index (χ2n) is 4.04. The van der Waals surface area contributed by atoms with Crippen LogP contribution in [0.25, 0.3) is 0 Å². The Labute approximate surface area is 96.6 Å². The van der Waals surface area contributed by atoms with Gasteiger partial charge in [-0.2, -0.15) is 0 Å². The summed E-state index contributed by atoms with van der Waals surface area (Å²) in [5, 5.41) is -0.619. The van der Waals surface area contributed by atoms with Gasteiger partial charge in [-0.15, -0.1) is 0 Å². The minimum atomic E-state index is -3.38. The predicted molar refractivity (Wildman–Crippen MR) is 60.4 cm³/mol. The lowest BCUT2D eigenvalue weighted by Crippen LogP contribution is -2.39. The second kappa shape index (κ2) is 5.63. The number of ether oxygens (including phenoxy) is 1. The molecule has 0 aromatic carbocycles. The number of sulfonamides is 1. The fraction of sp³-hybridized carbons (Fsp3) is 0.900. The average molecular weight is 249 g/mol. The number of esters is 1. The molecule has 0 heterocycles. The van der Waals surface area contributed by atoms with E-state index in [9.17, 15) is 13.2 Å². The molecule has 0 aliphatic heterocycles. The lowest BCUT2D eigenvalue weighted by molar-refractivity contribution is -0.145. The van der Waals surface area contributed by atoms with Crippen molar-refractivity contribution in [3.8, 4) is 0 Å². The molecule has 1 aliphatic carbocycles. The molecule has 6 heteroatoms. The van der Waals surface area contributed by atoms with Crippen LogP contribution >= 0.6 is 0 Å². The fourth-order valence-corrected chi connectivity index (χ4v) is 3.93. The number of rotatable bonds is 5. The summed E-state index contributed by atoms with van der Waals surface area (Å²) in [6, 6.07) is 0. The van der Waals surface area contributed by atoms with Crippen LogP contribution in [0.2, 0.25) is 0 Å². The lowest BCUT2D eigenvalue weighted by atomic mass is 10.1. The maximum absolute atomic E-state index is 11.9. The van der Waals surface area contributed by atoms with Crippen molar-refractivity contribution in [2.24, 2.45) is 5.92 Å². The number of methoxy groups -OCH3 is 1. The molecular weight excluding hydrogens is 230 g/mol. The molecule has 0 aromatic heterocycles. The summed E-state index contributed by atoms with van der Waals surface area (Å²) in [5.41, 5.74) is 0. The SMILES string of the molecule is CCCNS(=O)(=O)C1CCCC1C(=O)OC. The smallest absolute Gasteiger partial charge is 0.310 e. The monoisotopic (exact) mass is 249 g/mol. The Kier molecular flexibility index (Phi) is 4.73. The summed E-state index contributed by atoms with van der Waals surface area (Å²) >= 11 is 0. The number of hydrogen-bond donors (Lipinski definition) is 1. The highest BCUT2D eigenvalue weighted by molar-refractivity contribution is 7.90. The molecule has 1 rings (SSSR count). The van der Waals surface area contributed by atoms with Gasteiger partial charge in [0.05, 0.1) is 18.3 Å². The van der Waals surface area contributed by atoms with Crippen molar-refractivity contribution in [2.75, 3.05) is 13.7 Å². The van der Waals surface area contributed by atoms with Crippen molar-refractivity contribution in [2.45, 2.75) is 37.9 Å². The molecule has 0 aromatic rings. The van der Waals surface area contributed by atoms with Crippen molar-refractivity contribution in [1.82, 2.24) is 4.72 Å². The summed E-state index contributed by atoms with van der Waals surface area (Å²) < 4.78 is 31.0. The van der Waals surface area contributed by atoms with E-state index in [1.807, 2.05) is 6.92 Å².